The molecule has 2 amide bonds. The molecule has 2 fully saturated rings. The number of fused-ring (bicyclic) bond motifs is 2. The van der Waals surface area contributed by atoms with Crippen molar-refractivity contribution in [2.45, 2.75) is 76.5 Å². The number of nitrogens with zero attached hydrogens (tertiary/aromatic N) is 1. The van der Waals surface area contributed by atoms with Gasteiger partial charge in [0.05, 0.1) is 18.7 Å². The van der Waals surface area contributed by atoms with Crippen LogP contribution >= 0.6 is 0 Å². The molecule has 2 aliphatic heterocycles. The minimum absolute atomic E-state index is 0.0247. The highest BCUT2D eigenvalue weighted by atomic mass is 16.5. The number of methoxy groups -OCH3 is 1. The summed E-state index contributed by atoms with van der Waals surface area (Å²) >= 11 is 0. The van der Waals surface area contributed by atoms with Crippen LogP contribution in [-0.2, 0) is 9.59 Å². The Morgan fingerprint density at radius 2 is 1.97 bits per heavy atom. The average Bonchev–Trinajstić information content (AvgIpc) is 2.68. The van der Waals surface area contributed by atoms with E-state index < -0.39 is 0 Å². The van der Waals surface area contributed by atoms with Crippen LogP contribution in [0.5, 0.6) is 5.75 Å². The number of hydrogen-bond acceptors (Lipinski definition) is 5. The van der Waals surface area contributed by atoms with E-state index in [2.05, 4.69) is 22.5 Å². The topological polar surface area (TPSA) is 87.7 Å². The average molecular weight is 402 g/mol. The van der Waals surface area contributed by atoms with Gasteiger partial charge in [0, 0.05) is 36.8 Å². The fourth-order valence-corrected chi connectivity index (χ4v) is 4.88. The van der Waals surface area contributed by atoms with Crippen LogP contribution in [0.25, 0.3) is 0 Å². The number of rotatable bonds is 7. The highest BCUT2D eigenvalue weighted by Crippen LogP contribution is 2.36. The summed E-state index contributed by atoms with van der Waals surface area (Å²) in [6.07, 6.45) is 6.94. The van der Waals surface area contributed by atoms with Crippen LogP contribution in [0.15, 0.2) is 18.2 Å². The van der Waals surface area contributed by atoms with Crippen LogP contribution in [-0.4, -0.2) is 54.3 Å². The number of piperidine rings is 2. The van der Waals surface area contributed by atoms with E-state index >= 15 is 0 Å². The van der Waals surface area contributed by atoms with Gasteiger partial charge in [0.2, 0.25) is 5.91 Å². The van der Waals surface area contributed by atoms with Gasteiger partial charge in [-0.3, -0.25) is 14.5 Å². The maximum absolute atomic E-state index is 12.9. The molecule has 7 heteroatoms. The minimum Gasteiger partial charge on any atom is -0.496 e. The molecule has 29 heavy (non-hydrogen) atoms. The number of nitrogens with one attached hydrogen (secondary N) is 2. The summed E-state index contributed by atoms with van der Waals surface area (Å²) in [6.45, 7) is 3.49. The van der Waals surface area contributed by atoms with Crippen molar-refractivity contribution < 1.29 is 19.1 Å². The van der Waals surface area contributed by atoms with Crippen molar-refractivity contribution in [1.29, 1.82) is 0 Å². The van der Waals surface area contributed by atoms with Crippen molar-refractivity contribution >= 4 is 23.8 Å². The summed E-state index contributed by atoms with van der Waals surface area (Å²) < 4.78 is 5.37. The summed E-state index contributed by atoms with van der Waals surface area (Å²) in [5.41, 5.74) is 1.04. The highest BCUT2D eigenvalue weighted by molar-refractivity contribution is 5.98. The fraction of sp³-hybridized carbons (Fsp3) is 0.591. The Hall–Kier alpha value is -2.41. The molecule has 7 nitrogen and oxygen atoms in total. The second-order valence-electron chi connectivity index (χ2n) is 8.04. The quantitative estimate of drug-likeness (QED) is 0.686. The van der Waals surface area contributed by atoms with E-state index in [4.69, 9.17) is 4.74 Å². The van der Waals surface area contributed by atoms with Crippen molar-refractivity contribution in [2.75, 3.05) is 12.4 Å². The monoisotopic (exact) mass is 401 g/mol. The summed E-state index contributed by atoms with van der Waals surface area (Å²) in [4.78, 5) is 38.1. The van der Waals surface area contributed by atoms with Crippen LogP contribution < -0.4 is 15.4 Å². The lowest BCUT2D eigenvalue weighted by molar-refractivity contribution is -0.117. The smallest absolute Gasteiger partial charge is 0.255 e. The molecule has 2 aliphatic rings. The van der Waals surface area contributed by atoms with Crippen molar-refractivity contribution in [1.82, 2.24) is 10.2 Å². The van der Waals surface area contributed by atoms with Gasteiger partial charge in [0.1, 0.15) is 12.0 Å². The van der Waals surface area contributed by atoms with Crippen molar-refractivity contribution in [2.24, 2.45) is 0 Å². The van der Waals surface area contributed by atoms with E-state index in [0.29, 0.717) is 29.1 Å². The molecule has 0 aromatic heterocycles. The van der Waals surface area contributed by atoms with E-state index in [1.165, 1.54) is 20.5 Å². The third-order valence-electron chi connectivity index (χ3n) is 6.09. The maximum atomic E-state index is 12.9. The number of benzene rings is 1. The van der Waals surface area contributed by atoms with E-state index in [1.54, 1.807) is 18.2 Å². The predicted octanol–water partition coefficient (Wildman–Crippen LogP) is 2.75. The maximum Gasteiger partial charge on any atom is 0.255 e. The van der Waals surface area contributed by atoms with Crippen LogP contribution in [0.4, 0.5) is 5.69 Å². The van der Waals surface area contributed by atoms with Gasteiger partial charge in [-0.25, -0.2) is 0 Å². The lowest BCUT2D eigenvalue weighted by atomic mass is 9.80. The van der Waals surface area contributed by atoms with Crippen LogP contribution in [0.3, 0.4) is 0 Å². The number of anilines is 1. The summed E-state index contributed by atoms with van der Waals surface area (Å²) in [6, 6.07) is 5.77. The molecule has 2 bridgehead atoms. The second-order valence-corrected chi connectivity index (χ2v) is 8.04. The lowest BCUT2D eigenvalue weighted by Gasteiger charge is -2.51. The molecule has 3 atom stereocenters. The van der Waals surface area contributed by atoms with Crippen LogP contribution in [0, 0.1) is 0 Å². The summed E-state index contributed by atoms with van der Waals surface area (Å²) in [7, 11) is 1.51. The van der Waals surface area contributed by atoms with Gasteiger partial charge in [0.15, 0.2) is 0 Å². The Morgan fingerprint density at radius 1 is 1.28 bits per heavy atom. The van der Waals surface area contributed by atoms with Crippen LogP contribution in [0.2, 0.25) is 0 Å². The molecule has 2 N–H and O–H groups in total. The zero-order chi connectivity index (χ0) is 21.0. The number of ether oxygens (including phenoxy) is 1. The van der Waals surface area contributed by atoms with Gasteiger partial charge in [-0.05, 0) is 44.2 Å². The number of aldehydes is 1. The van der Waals surface area contributed by atoms with Gasteiger partial charge >= 0.3 is 0 Å². The lowest BCUT2D eigenvalue weighted by Crippen LogP contribution is -2.60. The zero-order valence-electron chi connectivity index (χ0n) is 17.4. The SMILES string of the molecule is CCC(C=O)N1C2CCCC1CC(NC(=O)c1ccc(NC(C)=O)cc1OC)C2. The molecule has 158 valence electrons. The molecule has 0 radical (unpaired) electrons. The second kappa shape index (κ2) is 9.39. The molecule has 2 heterocycles. The molecule has 3 rings (SSSR count). The molecule has 3 unspecified atom stereocenters. The summed E-state index contributed by atoms with van der Waals surface area (Å²) in [5, 5.41) is 5.87. The highest BCUT2D eigenvalue weighted by Gasteiger charge is 2.41. The normalized spacial score (nSPS) is 25.0. The Morgan fingerprint density at radius 3 is 2.52 bits per heavy atom. The first-order valence-corrected chi connectivity index (χ1v) is 10.5. The third kappa shape index (κ3) is 4.78. The van der Waals surface area contributed by atoms with Crippen molar-refractivity contribution in [3.05, 3.63) is 23.8 Å². The first-order chi connectivity index (χ1) is 14.0. The largest absolute Gasteiger partial charge is 0.496 e. The van der Waals surface area contributed by atoms with E-state index in [0.717, 1.165) is 38.4 Å². The molecular formula is C22H31N3O4. The van der Waals surface area contributed by atoms with E-state index in [-0.39, 0.29) is 23.9 Å². The molecule has 0 spiro atoms. The molecule has 1 aromatic rings. The van der Waals surface area contributed by atoms with E-state index in [9.17, 15) is 14.4 Å². The van der Waals surface area contributed by atoms with Crippen LogP contribution in [0.1, 0.15) is 62.7 Å². The first-order valence-electron chi connectivity index (χ1n) is 10.5. The van der Waals surface area contributed by atoms with Gasteiger partial charge in [-0.1, -0.05) is 13.3 Å². The number of carbonyl (C=O) groups excluding carboxylic acids is 3. The zero-order valence-corrected chi connectivity index (χ0v) is 17.4. The standard InChI is InChI=1S/C22H31N3O4/c1-4-17(13-26)25-18-6-5-7-19(25)11-16(10-18)24-22(28)20-9-8-15(23-14(2)27)12-21(20)29-3/h8-9,12-13,16-19H,4-7,10-11H2,1-3H3,(H,23,27)(H,24,28). The fourth-order valence-electron chi connectivity index (χ4n) is 4.88. The molecule has 0 saturated carbocycles. The Kier molecular flexibility index (Phi) is 6.90. The van der Waals surface area contributed by atoms with Crippen molar-refractivity contribution in [3.63, 3.8) is 0 Å². The van der Waals surface area contributed by atoms with Gasteiger partial charge < -0.3 is 20.2 Å². The van der Waals surface area contributed by atoms with Gasteiger partial charge in [-0.15, -0.1) is 0 Å². The third-order valence-corrected chi connectivity index (χ3v) is 6.09. The summed E-state index contributed by atoms with van der Waals surface area (Å²) in [5.74, 6) is 0.0804. The molecular weight excluding hydrogens is 370 g/mol. The number of amides is 2. The molecule has 2 saturated heterocycles. The minimum atomic E-state index is -0.178. The Balaban J connectivity index is 1.70. The van der Waals surface area contributed by atoms with Gasteiger partial charge in [0.25, 0.3) is 5.91 Å². The van der Waals surface area contributed by atoms with Crippen molar-refractivity contribution in [3.8, 4) is 5.75 Å². The number of hydrogen-bond donors (Lipinski definition) is 2. The first kappa shape index (κ1) is 21.3. The predicted molar refractivity (Wildman–Crippen MR) is 111 cm³/mol. The number of carbonyl (C=O) groups is 3. The van der Waals surface area contributed by atoms with E-state index in [1.807, 2.05) is 0 Å². The Labute approximate surface area is 172 Å². The molecule has 1 aromatic carbocycles. The molecule has 0 aliphatic carbocycles. The van der Waals surface area contributed by atoms with Gasteiger partial charge in [-0.2, -0.15) is 0 Å². The Bertz CT molecular complexity index is 752.